The molecule has 0 radical (unpaired) electrons. The Labute approximate surface area is 406 Å². The van der Waals surface area contributed by atoms with E-state index in [1.807, 2.05) is 20.8 Å². The summed E-state index contributed by atoms with van der Waals surface area (Å²) in [4.78, 5) is 75.0. The molecule has 0 aliphatic heterocycles. The van der Waals surface area contributed by atoms with Crippen LogP contribution in [0.1, 0.15) is 119 Å². The zero-order valence-corrected chi connectivity index (χ0v) is 40.4. The van der Waals surface area contributed by atoms with Gasteiger partial charge in [-0.2, -0.15) is 0 Å². The smallest absolute Gasteiger partial charge is 0.330 e. The SMILES string of the molecule is C=CC(=O)OCCCCCCOc1ccc(OC(=O)[C@H]2CC[C@H](C(=O)Oc3cc(C)c(OC(=O)[C@H]4CC[C@H](C(=O)Oc5ccc(OCCCCCCOC(=O)C=C)cc5)CC4)c(C)c3C)CC2)cc1. The summed E-state index contributed by atoms with van der Waals surface area (Å²) in [6.45, 7) is 14.1. The maximum Gasteiger partial charge on any atom is 0.330 e. The predicted octanol–water partition coefficient (Wildman–Crippen LogP) is 10.6. The number of rotatable bonds is 26. The van der Waals surface area contributed by atoms with Gasteiger partial charge in [0.25, 0.3) is 0 Å². The van der Waals surface area contributed by atoms with Gasteiger partial charge in [0, 0.05) is 12.2 Å². The summed E-state index contributed by atoms with van der Waals surface area (Å²) in [5, 5.41) is 0. The lowest BCUT2D eigenvalue weighted by Crippen LogP contribution is -2.31. The second kappa shape index (κ2) is 28.1. The van der Waals surface area contributed by atoms with Gasteiger partial charge in [0.15, 0.2) is 0 Å². The molecule has 0 spiro atoms. The first-order valence-electron chi connectivity index (χ1n) is 24.4. The van der Waals surface area contributed by atoms with Gasteiger partial charge in [-0.15, -0.1) is 0 Å². The molecule has 372 valence electrons. The molecule has 2 aliphatic carbocycles. The van der Waals surface area contributed by atoms with Gasteiger partial charge >= 0.3 is 35.8 Å². The van der Waals surface area contributed by atoms with Crippen molar-refractivity contribution in [2.75, 3.05) is 26.4 Å². The van der Waals surface area contributed by atoms with E-state index in [2.05, 4.69) is 13.2 Å². The summed E-state index contributed by atoms with van der Waals surface area (Å²) in [5.41, 5.74) is 2.05. The van der Waals surface area contributed by atoms with E-state index in [4.69, 9.17) is 37.9 Å². The van der Waals surface area contributed by atoms with Crippen molar-refractivity contribution in [2.45, 2.75) is 124 Å². The van der Waals surface area contributed by atoms with Gasteiger partial charge in [0.05, 0.1) is 50.1 Å². The summed E-state index contributed by atoms with van der Waals surface area (Å²) in [6.07, 6.45) is 13.3. The zero-order chi connectivity index (χ0) is 49.5. The van der Waals surface area contributed by atoms with Crippen LogP contribution in [0.5, 0.6) is 34.5 Å². The highest BCUT2D eigenvalue weighted by Crippen LogP contribution is 2.38. The van der Waals surface area contributed by atoms with Crippen LogP contribution in [0.15, 0.2) is 79.9 Å². The first-order valence-corrected chi connectivity index (χ1v) is 24.4. The van der Waals surface area contributed by atoms with Crippen LogP contribution in [0, 0.1) is 44.4 Å². The van der Waals surface area contributed by atoms with Gasteiger partial charge in [-0.3, -0.25) is 19.2 Å². The Morgan fingerprint density at radius 2 is 0.783 bits per heavy atom. The number of hydrogen-bond acceptors (Lipinski definition) is 14. The third-order valence-electron chi connectivity index (χ3n) is 12.7. The Balaban J connectivity index is 0.970. The van der Waals surface area contributed by atoms with Crippen molar-refractivity contribution < 1.29 is 66.7 Å². The largest absolute Gasteiger partial charge is 0.494 e. The number of benzene rings is 3. The lowest BCUT2D eigenvalue weighted by Gasteiger charge is -2.27. The van der Waals surface area contributed by atoms with Crippen LogP contribution < -0.4 is 28.4 Å². The molecule has 5 rings (SSSR count). The monoisotopic (exact) mass is 952 g/mol. The summed E-state index contributed by atoms with van der Waals surface area (Å²) in [6, 6.07) is 15.6. The predicted molar refractivity (Wildman–Crippen MR) is 257 cm³/mol. The fourth-order valence-corrected chi connectivity index (χ4v) is 8.36. The van der Waals surface area contributed by atoms with Gasteiger partial charge in [-0.25, -0.2) is 9.59 Å². The molecular weight excluding hydrogens is 885 g/mol. The molecule has 2 fully saturated rings. The molecule has 3 aromatic rings. The van der Waals surface area contributed by atoms with Crippen LogP contribution in [0.25, 0.3) is 0 Å². The number of carbonyl (C=O) groups is 6. The van der Waals surface area contributed by atoms with Gasteiger partial charge in [-0.05, 0) is 195 Å². The molecule has 3 aromatic carbocycles. The lowest BCUT2D eigenvalue weighted by atomic mass is 9.82. The highest BCUT2D eigenvalue weighted by Gasteiger charge is 2.34. The first kappa shape index (κ1) is 53.5. The third kappa shape index (κ3) is 17.5. The van der Waals surface area contributed by atoms with E-state index in [-0.39, 0.29) is 47.5 Å². The molecule has 0 unspecified atom stereocenters. The Kier molecular flexibility index (Phi) is 21.8. The van der Waals surface area contributed by atoms with Crippen LogP contribution in [0.4, 0.5) is 0 Å². The highest BCUT2D eigenvalue weighted by atomic mass is 16.6. The number of unbranched alkanes of at least 4 members (excludes halogenated alkanes) is 6. The van der Waals surface area contributed by atoms with Gasteiger partial charge in [0.1, 0.15) is 34.5 Å². The van der Waals surface area contributed by atoms with Crippen LogP contribution in [0.2, 0.25) is 0 Å². The first-order chi connectivity index (χ1) is 33.3. The van der Waals surface area contributed by atoms with Crippen molar-refractivity contribution in [3.63, 3.8) is 0 Å². The molecule has 0 amide bonds. The van der Waals surface area contributed by atoms with Crippen LogP contribution in [0.3, 0.4) is 0 Å². The number of carbonyl (C=O) groups excluding carboxylic acids is 6. The topological polar surface area (TPSA) is 176 Å². The minimum atomic E-state index is -0.408. The molecule has 2 saturated carbocycles. The Bertz CT molecular complexity index is 2200. The number of hydrogen-bond donors (Lipinski definition) is 0. The normalized spacial score (nSPS) is 17.6. The lowest BCUT2D eigenvalue weighted by molar-refractivity contribution is -0.145. The molecule has 0 saturated heterocycles. The van der Waals surface area contributed by atoms with Gasteiger partial charge < -0.3 is 37.9 Å². The van der Waals surface area contributed by atoms with Crippen LogP contribution >= 0.6 is 0 Å². The fraction of sp³-hybridized carbons (Fsp3) is 0.491. The Morgan fingerprint density at radius 1 is 0.449 bits per heavy atom. The third-order valence-corrected chi connectivity index (χ3v) is 12.7. The minimum Gasteiger partial charge on any atom is -0.494 e. The summed E-state index contributed by atoms with van der Waals surface area (Å²) >= 11 is 0. The number of ether oxygens (including phenoxy) is 8. The average molecular weight is 953 g/mol. The van der Waals surface area contributed by atoms with E-state index in [9.17, 15) is 28.8 Å². The molecule has 0 heterocycles. The van der Waals surface area contributed by atoms with Crippen LogP contribution in [-0.2, 0) is 38.2 Å². The van der Waals surface area contributed by atoms with Crippen molar-refractivity contribution in [2.24, 2.45) is 23.7 Å². The Morgan fingerprint density at radius 3 is 1.16 bits per heavy atom. The number of aryl methyl sites for hydroxylation is 1. The summed E-state index contributed by atoms with van der Waals surface area (Å²) in [5.74, 6) is -0.539. The van der Waals surface area contributed by atoms with Crippen molar-refractivity contribution in [1.82, 2.24) is 0 Å². The fourth-order valence-electron chi connectivity index (χ4n) is 8.36. The van der Waals surface area contributed by atoms with E-state index < -0.39 is 11.9 Å². The minimum absolute atomic E-state index is 0.329. The van der Waals surface area contributed by atoms with Crippen molar-refractivity contribution in [1.29, 1.82) is 0 Å². The quantitative estimate of drug-likeness (QED) is 0.0321. The molecule has 14 heteroatoms. The van der Waals surface area contributed by atoms with Gasteiger partial charge in [-0.1, -0.05) is 13.2 Å². The van der Waals surface area contributed by atoms with E-state index in [1.165, 1.54) is 0 Å². The zero-order valence-electron chi connectivity index (χ0n) is 40.4. The molecule has 69 heavy (non-hydrogen) atoms. The molecule has 0 aromatic heterocycles. The molecule has 0 bridgehead atoms. The van der Waals surface area contributed by atoms with Crippen molar-refractivity contribution in [3.05, 3.63) is 96.6 Å². The maximum atomic E-state index is 13.4. The second-order valence-corrected chi connectivity index (χ2v) is 17.8. The molecule has 0 N–H and O–H groups in total. The average Bonchev–Trinajstić information content (AvgIpc) is 3.36. The molecule has 0 atom stereocenters. The highest BCUT2D eigenvalue weighted by molar-refractivity contribution is 5.82. The maximum absolute atomic E-state index is 13.4. The van der Waals surface area contributed by atoms with Gasteiger partial charge in [0.2, 0.25) is 0 Å². The van der Waals surface area contributed by atoms with E-state index in [0.717, 1.165) is 63.5 Å². The molecule has 14 nitrogen and oxygen atoms in total. The van der Waals surface area contributed by atoms with E-state index in [0.29, 0.717) is 129 Å². The van der Waals surface area contributed by atoms with Crippen molar-refractivity contribution in [3.8, 4) is 34.5 Å². The van der Waals surface area contributed by atoms with Crippen LogP contribution in [-0.4, -0.2) is 62.2 Å². The molecular formula is C55H68O14. The second-order valence-electron chi connectivity index (χ2n) is 17.8. The van der Waals surface area contributed by atoms with Crippen molar-refractivity contribution >= 4 is 35.8 Å². The summed E-state index contributed by atoms with van der Waals surface area (Å²) < 4.78 is 44.8. The van der Waals surface area contributed by atoms with E-state index in [1.54, 1.807) is 54.6 Å². The number of esters is 6. The van der Waals surface area contributed by atoms with E-state index >= 15 is 0 Å². The Hall–Kier alpha value is -6.44. The standard InChI is InChI=1S/C55H68O14/c1-6-49(56)64-34-14-10-8-12-32-62-44-24-28-46(29-25-44)66-52(58)40-16-20-42(21-17-40)54(60)68-48-36-37(3)51(39(5)38(48)4)69-55(61)43-22-18-41(19-23-43)53(59)67-47-30-26-45(27-31-47)63-33-13-9-11-15-35-65-50(57)7-2/h6-7,24-31,36,40-43H,1-2,8-23,32-35H2,3-5H3/t40-,41-,42-,43-. The summed E-state index contributed by atoms with van der Waals surface area (Å²) in [7, 11) is 0. The molecule has 2 aliphatic rings.